The number of rotatable bonds is 5. The summed E-state index contributed by atoms with van der Waals surface area (Å²) < 4.78 is 5.40. The summed E-state index contributed by atoms with van der Waals surface area (Å²) in [4.78, 5) is 18.9. The highest BCUT2D eigenvalue weighted by atomic mass is 35.5. The van der Waals surface area contributed by atoms with Gasteiger partial charge in [-0.15, -0.1) is 0 Å². The van der Waals surface area contributed by atoms with Crippen LogP contribution in [0.5, 0.6) is 5.75 Å². The molecule has 2 heterocycles. The Labute approximate surface area is 159 Å². The molecule has 0 radical (unpaired) electrons. The van der Waals surface area contributed by atoms with Crippen LogP contribution in [0.25, 0.3) is 0 Å². The third kappa shape index (κ3) is 4.74. The fourth-order valence-electron chi connectivity index (χ4n) is 3.25. The number of ether oxygens (including phenoxy) is 1. The Morgan fingerprint density at radius 1 is 1.31 bits per heavy atom. The highest BCUT2D eigenvalue weighted by molar-refractivity contribution is 6.30. The zero-order valence-electron chi connectivity index (χ0n) is 15.2. The summed E-state index contributed by atoms with van der Waals surface area (Å²) in [5, 5.41) is 3.44. The molecule has 138 valence electrons. The summed E-state index contributed by atoms with van der Waals surface area (Å²) in [5.41, 5.74) is 2.38. The van der Waals surface area contributed by atoms with Crippen LogP contribution in [-0.4, -0.2) is 36.0 Å². The lowest BCUT2D eigenvalue weighted by atomic mass is 9.95. The number of likely N-dealkylation sites (tertiary alicyclic amines) is 1. The molecule has 0 bridgehead atoms. The summed E-state index contributed by atoms with van der Waals surface area (Å²) in [6.45, 7) is 4.73. The van der Waals surface area contributed by atoms with E-state index < -0.39 is 0 Å². The molecular formula is C20H24ClN3O2. The molecule has 0 saturated carbocycles. The quantitative estimate of drug-likeness (QED) is 0.863. The molecule has 1 fully saturated rings. The number of carbonyl (C=O) groups is 1. The van der Waals surface area contributed by atoms with E-state index in [1.165, 1.54) is 11.8 Å². The van der Waals surface area contributed by atoms with Crippen LogP contribution in [0.3, 0.4) is 0 Å². The second-order valence-electron chi connectivity index (χ2n) is 6.71. The number of aromatic nitrogens is 1. The van der Waals surface area contributed by atoms with E-state index in [0.29, 0.717) is 10.8 Å². The molecule has 6 heteroatoms. The second kappa shape index (κ2) is 8.52. The summed E-state index contributed by atoms with van der Waals surface area (Å²) in [6.07, 6.45) is 3.24. The topological polar surface area (TPSA) is 54.5 Å². The lowest BCUT2D eigenvalue weighted by molar-refractivity contribution is -0.121. The number of benzene rings is 1. The highest BCUT2D eigenvalue weighted by Gasteiger charge is 2.25. The minimum atomic E-state index is 0.0243. The van der Waals surface area contributed by atoms with Crippen LogP contribution in [0.4, 0.5) is 5.82 Å². The average molecular weight is 374 g/mol. The van der Waals surface area contributed by atoms with Crippen molar-refractivity contribution in [1.29, 1.82) is 0 Å². The van der Waals surface area contributed by atoms with Crippen LogP contribution in [0.15, 0.2) is 36.5 Å². The van der Waals surface area contributed by atoms with Crippen molar-refractivity contribution < 1.29 is 9.53 Å². The van der Waals surface area contributed by atoms with Crippen LogP contribution in [0.1, 0.15) is 24.0 Å². The van der Waals surface area contributed by atoms with Crippen molar-refractivity contribution in [2.75, 3.05) is 25.5 Å². The highest BCUT2D eigenvalue weighted by Crippen LogP contribution is 2.23. The van der Waals surface area contributed by atoms with Gasteiger partial charge in [0, 0.05) is 18.7 Å². The SMILES string of the molecule is COc1cc(CN2CCC(C(=O)Nc3ccc(Cl)cn3)CC2)ccc1C. The van der Waals surface area contributed by atoms with Gasteiger partial charge in [-0.3, -0.25) is 9.69 Å². The lowest BCUT2D eigenvalue weighted by Crippen LogP contribution is -2.37. The zero-order chi connectivity index (χ0) is 18.5. The number of methoxy groups -OCH3 is 1. The second-order valence-corrected chi connectivity index (χ2v) is 7.14. The van der Waals surface area contributed by atoms with Crippen molar-refractivity contribution in [3.63, 3.8) is 0 Å². The Kier molecular flexibility index (Phi) is 6.12. The van der Waals surface area contributed by atoms with E-state index in [2.05, 4.69) is 33.4 Å². The van der Waals surface area contributed by atoms with E-state index in [1.807, 2.05) is 6.92 Å². The average Bonchev–Trinajstić information content (AvgIpc) is 2.65. The molecule has 1 saturated heterocycles. The van der Waals surface area contributed by atoms with E-state index in [1.54, 1.807) is 19.2 Å². The van der Waals surface area contributed by atoms with E-state index >= 15 is 0 Å². The largest absolute Gasteiger partial charge is 0.496 e. The van der Waals surface area contributed by atoms with Crippen molar-refractivity contribution >= 4 is 23.3 Å². The molecular weight excluding hydrogens is 350 g/mol. The Balaban J connectivity index is 1.50. The normalized spacial score (nSPS) is 15.7. The molecule has 1 aliphatic rings. The standard InChI is InChI=1S/C20H24ClN3O2/c1-14-3-4-15(11-18(14)26-2)13-24-9-7-16(8-10-24)20(25)23-19-6-5-17(21)12-22-19/h3-6,11-12,16H,7-10,13H2,1-2H3,(H,22,23,25). The summed E-state index contributed by atoms with van der Waals surface area (Å²) >= 11 is 5.82. The molecule has 5 nitrogen and oxygen atoms in total. The number of anilines is 1. The number of aryl methyl sites for hydroxylation is 1. The number of halogens is 1. The predicted octanol–water partition coefficient (Wildman–Crippen LogP) is 3.90. The van der Waals surface area contributed by atoms with Crippen LogP contribution in [0.2, 0.25) is 5.02 Å². The molecule has 0 unspecified atom stereocenters. The maximum absolute atomic E-state index is 12.4. The van der Waals surface area contributed by atoms with Gasteiger partial charge < -0.3 is 10.1 Å². The molecule has 1 amide bonds. The summed E-state index contributed by atoms with van der Waals surface area (Å²) in [7, 11) is 1.70. The van der Waals surface area contributed by atoms with Gasteiger partial charge >= 0.3 is 0 Å². The van der Waals surface area contributed by atoms with E-state index in [9.17, 15) is 4.79 Å². The van der Waals surface area contributed by atoms with E-state index in [-0.39, 0.29) is 11.8 Å². The van der Waals surface area contributed by atoms with Gasteiger partial charge in [-0.25, -0.2) is 4.98 Å². The molecule has 1 aliphatic heterocycles. The van der Waals surface area contributed by atoms with Crippen molar-refractivity contribution in [2.45, 2.75) is 26.3 Å². The maximum Gasteiger partial charge on any atom is 0.228 e. The summed E-state index contributed by atoms with van der Waals surface area (Å²) in [5.74, 6) is 1.54. The number of nitrogens with one attached hydrogen (secondary N) is 1. The predicted molar refractivity (Wildman–Crippen MR) is 104 cm³/mol. The third-order valence-corrected chi connectivity index (χ3v) is 5.04. The number of hydrogen-bond acceptors (Lipinski definition) is 4. The minimum Gasteiger partial charge on any atom is -0.496 e. The molecule has 3 rings (SSSR count). The number of nitrogens with zero attached hydrogens (tertiary/aromatic N) is 2. The van der Waals surface area contributed by atoms with E-state index in [0.717, 1.165) is 43.8 Å². The lowest BCUT2D eigenvalue weighted by Gasteiger charge is -2.31. The smallest absolute Gasteiger partial charge is 0.228 e. The molecule has 0 atom stereocenters. The third-order valence-electron chi connectivity index (χ3n) is 4.82. The van der Waals surface area contributed by atoms with Crippen LogP contribution in [0, 0.1) is 12.8 Å². The molecule has 26 heavy (non-hydrogen) atoms. The van der Waals surface area contributed by atoms with Crippen molar-refractivity contribution in [3.8, 4) is 5.75 Å². The zero-order valence-corrected chi connectivity index (χ0v) is 15.9. The first-order valence-electron chi connectivity index (χ1n) is 8.83. The first kappa shape index (κ1) is 18.7. The van der Waals surface area contributed by atoms with Gasteiger partial charge in [-0.1, -0.05) is 23.7 Å². The number of hydrogen-bond donors (Lipinski definition) is 1. The fraction of sp³-hybridized carbons (Fsp3) is 0.400. The van der Waals surface area contributed by atoms with E-state index in [4.69, 9.17) is 16.3 Å². The Hall–Kier alpha value is -2.11. The van der Waals surface area contributed by atoms with Gasteiger partial charge in [0.2, 0.25) is 5.91 Å². The number of piperidine rings is 1. The van der Waals surface area contributed by atoms with Gasteiger partial charge in [-0.2, -0.15) is 0 Å². The van der Waals surface area contributed by atoms with Crippen molar-refractivity contribution in [3.05, 3.63) is 52.7 Å². The Morgan fingerprint density at radius 3 is 2.73 bits per heavy atom. The van der Waals surface area contributed by atoms with Gasteiger partial charge in [0.05, 0.1) is 12.1 Å². The minimum absolute atomic E-state index is 0.0243. The number of pyridine rings is 1. The molecule has 2 aromatic rings. The van der Waals surface area contributed by atoms with Crippen LogP contribution < -0.4 is 10.1 Å². The van der Waals surface area contributed by atoms with Gasteiger partial charge in [-0.05, 0) is 62.2 Å². The summed E-state index contributed by atoms with van der Waals surface area (Å²) in [6, 6.07) is 9.78. The van der Waals surface area contributed by atoms with Crippen molar-refractivity contribution in [1.82, 2.24) is 9.88 Å². The Morgan fingerprint density at radius 2 is 2.08 bits per heavy atom. The van der Waals surface area contributed by atoms with Crippen LogP contribution >= 0.6 is 11.6 Å². The van der Waals surface area contributed by atoms with Gasteiger partial charge in [0.25, 0.3) is 0 Å². The molecule has 1 aromatic carbocycles. The fourth-order valence-corrected chi connectivity index (χ4v) is 3.36. The Bertz CT molecular complexity index is 756. The monoisotopic (exact) mass is 373 g/mol. The maximum atomic E-state index is 12.4. The van der Waals surface area contributed by atoms with Crippen LogP contribution in [-0.2, 0) is 11.3 Å². The molecule has 1 aromatic heterocycles. The van der Waals surface area contributed by atoms with Crippen molar-refractivity contribution in [2.24, 2.45) is 5.92 Å². The molecule has 1 N–H and O–H groups in total. The van der Waals surface area contributed by atoms with Gasteiger partial charge in [0.1, 0.15) is 11.6 Å². The first-order chi connectivity index (χ1) is 12.5. The first-order valence-corrected chi connectivity index (χ1v) is 9.21. The number of carbonyl (C=O) groups excluding carboxylic acids is 1. The molecule has 0 spiro atoms. The number of amides is 1. The molecule has 0 aliphatic carbocycles. The van der Waals surface area contributed by atoms with Gasteiger partial charge in [0.15, 0.2) is 0 Å².